The fourth-order valence-electron chi connectivity index (χ4n) is 2.52. The standard InChI is InChI=1S/C18H11F5N6/c19-9-5-1-3-7-11(9)24-13-14(25-12-8-4-2-6-10(12)20)27-16-15(26-13)28-17(29-16)18(21,22)23/h1-8H,(H3,24,25,26,27,28,29). The number of fused-ring (bicyclic) bond motifs is 1. The molecule has 0 amide bonds. The third-order valence-corrected chi connectivity index (χ3v) is 3.85. The van der Waals surface area contributed by atoms with Crippen LogP contribution in [0.25, 0.3) is 11.3 Å². The van der Waals surface area contributed by atoms with E-state index in [9.17, 15) is 22.0 Å². The van der Waals surface area contributed by atoms with Gasteiger partial charge >= 0.3 is 6.18 Å². The number of imidazole rings is 1. The van der Waals surface area contributed by atoms with Crippen LogP contribution >= 0.6 is 0 Å². The number of aromatic amines is 1. The summed E-state index contributed by atoms with van der Waals surface area (Å²) in [5.74, 6) is -2.78. The van der Waals surface area contributed by atoms with E-state index in [4.69, 9.17) is 0 Å². The SMILES string of the molecule is Fc1ccccc1Nc1nc2nc(C(F)(F)F)[nH]c2nc1Nc1ccccc1F. The Hall–Kier alpha value is -3.76. The number of H-pyrrole nitrogens is 1. The van der Waals surface area contributed by atoms with Crippen LogP contribution < -0.4 is 10.6 Å². The number of hydrogen-bond acceptors (Lipinski definition) is 5. The Morgan fingerprint density at radius 2 is 1.24 bits per heavy atom. The number of nitrogens with zero attached hydrogens (tertiary/aromatic N) is 3. The largest absolute Gasteiger partial charge is 0.449 e. The molecule has 148 valence electrons. The second kappa shape index (κ2) is 7.00. The summed E-state index contributed by atoms with van der Waals surface area (Å²) in [7, 11) is 0. The van der Waals surface area contributed by atoms with Crippen molar-refractivity contribution in [3.63, 3.8) is 0 Å². The van der Waals surface area contributed by atoms with E-state index in [0.29, 0.717) is 0 Å². The summed E-state index contributed by atoms with van der Waals surface area (Å²) in [6.45, 7) is 0. The second-order valence-electron chi connectivity index (χ2n) is 5.89. The fraction of sp³-hybridized carbons (Fsp3) is 0.0556. The van der Waals surface area contributed by atoms with Crippen molar-refractivity contribution in [1.82, 2.24) is 19.9 Å². The lowest BCUT2D eigenvalue weighted by molar-refractivity contribution is -0.144. The van der Waals surface area contributed by atoms with Gasteiger partial charge in [0.15, 0.2) is 22.9 Å². The summed E-state index contributed by atoms with van der Waals surface area (Å²) in [5, 5.41) is 5.31. The summed E-state index contributed by atoms with van der Waals surface area (Å²) in [6, 6.07) is 11.2. The van der Waals surface area contributed by atoms with Gasteiger partial charge in [0.25, 0.3) is 0 Å². The molecule has 0 radical (unpaired) electrons. The molecule has 2 aromatic carbocycles. The van der Waals surface area contributed by atoms with Crippen molar-refractivity contribution < 1.29 is 22.0 Å². The molecule has 0 bridgehead atoms. The molecule has 2 aromatic heterocycles. The van der Waals surface area contributed by atoms with Crippen molar-refractivity contribution in [3.8, 4) is 0 Å². The number of halogens is 5. The topological polar surface area (TPSA) is 78.5 Å². The number of alkyl halides is 3. The predicted octanol–water partition coefficient (Wildman–Crippen LogP) is 5.14. The van der Waals surface area contributed by atoms with Gasteiger partial charge in [-0.1, -0.05) is 24.3 Å². The van der Waals surface area contributed by atoms with E-state index < -0.39 is 23.6 Å². The van der Waals surface area contributed by atoms with Crippen LogP contribution in [0.15, 0.2) is 48.5 Å². The molecule has 4 rings (SSSR count). The minimum Gasteiger partial charge on any atom is -0.335 e. The maximum Gasteiger partial charge on any atom is 0.449 e. The fourth-order valence-corrected chi connectivity index (χ4v) is 2.52. The molecular formula is C18H11F5N6. The van der Waals surface area contributed by atoms with Crippen LogP contribution in [0.3, 0.4) is 0 Å². The second-order valence-corrected chi connectivity index (χ2v) is 5.89. The Balaban J connectivity index is 1.83. The molecule has 4 aromatic rings. The third kappa shape index (κ3) is 3.79. The molecule has 11 heteroatoms. The highest BCUT2D eigenvalue weighted by molar-refractivity contribution is 5.80. The first-order valence-corrected chi connectivity index (χ1v) is 8.19. The Morgan fingerprint density at radius 1 is 0.724 bits per heavy atom. The van der Waals surface area contributed by atoms with E-state index in [-0.39, 0.29) is 34.3 Å². The molecule has 0 saturated carbocycles. The lowest BCUT2D eigenvalue weighted by atomic mass is 10.3. The van der Waals surface area contributed by atoms with Gasteiger partial charge < -0.3 is 15.6 Å². The van der Waals surface area contributed by atoms with Crippen LogP contribution in [0, 0.1) is 11.6 Å². The van der Waals surface area contributed by atoms with E-state index in [2.05, 4.69) is 25.6 Å². The van der Waals surface area contributed by atoms with Gasteiger partial charge in [0.05, 0.1) is 11.4 Å². The highest BCUT2D eigenvalue weighted by Gasteiger charge is 2.35. The molecule has 3 N–H and O–H groups in total. The van der Waals surface area contributed by atoms with Gasteiger partial charge in [-0.15, -0.1) is 0 Å². The summed E-state index contributed by atoms with van der Waals surface area (Å²) in [4.78, 5) is 13.5. The Labute approximate surface area is 159 Å². The van der Waals surface area contributed by atoms with Crippen molar-refractivity contribution in [3.05, 3.63) is 66.0 Å². The zero-order chi connectivity index (χ0) is 20.6. The minimum absolute atomic E-state index is 0.00399. The Morgan fingerprint density at radius 3 is 1.76 bits per heavy atom. The first kappa shape index (κ1) is 18.6. The molecule has 0 atom stereocenters. The summed E-state index contributed by atoms with van der Waals surface area (Å²) in [6.07, 6.45) is -4.74. The van der Waals surface area contributed by atoms with E-state index >= 15 is 0 Å². The molecule has 0 fully saturated rings. The van der Waals surface area contributed by atoms with Crippen LogP contribution in [0.1, 0.15) is 5.82 Å². The number of nitrogens with one attached hydrogen (secondary N) is 3. The average Bonchev–Trinajstić information content (AvgIpc) is 3.09. The van der Waals surface area contributed by atoms with Crippen molar-refractivity contribution in [2.24, 2.45) is 0 Å². The zero-order valence-corrected chi connectivity index (χ0v) is 14.4. The Kier molecular flexibility index (Phi) is 4.49. The smallest absolute Gasteiger partial charge is 0.335 e. The maximum atomic E-state index is 14.0. The first-order chi connectivity index (χ1) is 13.8. The molecule has 0 aliphatic rings. The number of aromatic nitrogens is 4. The zero-order valence-electron chi connectivity index (χ0n) is 14.4. The molecule has 0 saturated heterocycles. The molecule has 2 heterocycles. The van der Waals surface area contributed by atoms with Gasteiger partial charge in [-0.2, -0.15) is 13.2 Å². The van der Waals surface area contributed by atoms with Gasteiger partial charge in [-0.05, 0) is 24.3 Å². The summed E-state index contributed by atoms with van der Waals surface area (Å²) >= 11 is 0. The minimum atomic E-state index is -4.74. The van der Waals surface area contributed by atoms with Crippen LogP contribution in [-0.2, 0) is 6.18 Å². The number of rotatable bonds is 4. The monoisotopic (exact) mass is 406 g/mol. The van der Waals surface area contributed by atoms with E-state index in [0.717, 1.165) is 0 Å². The van der Waals surface area contributed by atoms with Crippen molar-refractivity contribution in [2.45, 2.75) is 6.18 Å². The maximum absolute atomic E-state index is 14.0. The molecule has 0 unspecified atom stereocenters. The number of anilines is 4. The summed E-state index contributed by atoms with van der Waals surface area (Å²) < 4.78 is 66.9. The van der Waals surface area contributed by atoms with Gasteiger partial charge in [0, 0.05) is 0 Å². The lowest BCUT2D eigenvalue weighted by Gasteiger charge is -2.13. The van der Waals surface area contributed by atoms with Crippen molar-refractivity contribution in [1.29, 1.82) is 0 Å². The number of hydrogen-bond donors (Lipinski definition) is 3. The molecule has 29 heavy (non-hydrogen) atoms. The highest BCUT2D eigenvalue weighted by atomic mass is 19.4. The quantitative estimate of drug-likeness (QED) is 0.409. The number of benzene rings is 2. The van der Waals surface area contributed by atoms with E-state index in [1.54, 1.807) is 12.1 Å². The highest BCUT2D eigenvalue weighted by Crippen LogP contribution is 2.31. The van der Waals surface area contributed by atoms with Gasteiger partial charge in [0.1, 0.15) is 11.6 Å². The van der Waals surface area contributed by atoms with Crippen molar-refractivity contribution in [2.75, 3.05) is 10.6 Å². The summed E-state index contributed by atoms with van der Waals surface area (Å²) in [5.41, 5.74) is -0.594. The van der Waals surface area contributed by atoms with Crippen LogP contribution in [0.4, 0.5) is 45.0 Å². The van der Waals surface area contributed by atoms with E-state index in [1.165, 1.54) is 36.4 Å². The van der Waals surface area contributed by atoms with Gasteiger partial charge in [-0.3, -0.25) is 0 Å². The van der Waals surface area contributed by atoms with Crippen molar-refractivity contribution >= 4 is 34.3 Å². The molecule has 0 aliphatic carbocycles. The lowest BCUT2D eigenvalue weighted by Crippen LogP contribution is -2.06. The molecule has 0 aliphatic heterocycles. The average molecular weight is 406 g/mol. The molecular weight excluding hydrogens is 395 g/mol. The molecule has 0 spiro atoms. The van der Waals surface area contributed by atoms with Crippen LogP contribution in [0.2, 0.25) is 0 Å². The first-order valence-electron chi connectivity index (χ1n) is 8.19. The Bertz CT molecular complexity index is 1100. The van der Waals surface area contributed by atoms with Gasteiger partial charge in [-0.25, -0.2) is 23.7 Å². The third-order valence-electron chi connectivity index (χ3n) is 3.85. The normalized spacial score (nSPS) is 11.6. The van der Waals surface area contributed by atoms with Crippen LogP contribution in [-0.4, -0.2) is 19.9 Å². The molecule has 6 nitrogen and oxygen atoms in total. The van der Waals surface area contributed by atoms with E-state index in [1.807, 2.05) is 4.98 Å². The predicted molar refractivity (Wildman–Crippen MR) is 96.1 cm³/mol. The van der Waals surface area contributed by atoms with Crippen LogP contribution in [0.5, 0.6) is 0 Å². The van der Waals surface area contributed by atoms with Gasteiger partial charge in [0.2, 0.25) is 5.82 Å². The number of para-hydroxylation sites is 2.